The van der Waals surface area contributed by atoms with Gasteiger partial charge in [0.15, 0.2) is 5.82 Å². The van der Waals surface area contributed by atoms with Crippen LogP contribution in [-0.4, -0.2) is 31.2 Å². The van der Waals surface area contributed by atoms with Gasteiger partial charge in [-0.2, -0.15) is 0 Å². The average molecular weight is 275 g/mol. The molecule has 0 fully saturated rings. The normalized spacial score (nSPS) is 25.4. The summed E-state index contributed by atoms with van der Waals surface area (Å²) in [4.78, 5) is 10.3. The smallest absolute Gasteiger partial charge is 0.160 e. The molecular formula is C15H21N3O2. The molecule has 0 saturated carbocycles. The molecule has 2 aliphatic rings. The van der Waals surface area contributed by atoms with E-state index in [1.165, 1.54) is 11.1 Å². The van der Waals surface area contributed by atoms with E-state index in [-0.39, 0.29) is 5.92 Å². The number of hydroxylamine groups is 3. The van der Waals surface area contributed by atoms with E-state index in [1.807, 2.05) is 11.1 Å². The van der Waals surface area contributed by atoms with Gasteiger partial charge in [-0.05, 0) is 24.1 Å². The Labute approximate surface area is 119 Å². The zero-order chi connectivity index (χ0) is 14.1. The maximum Gasteiger partial charge on any atom is 0.160 e. The molecule has 0 saturated heterocycles. The van der Waals surface area contributed by atoms with E-state index in [0.717, 1.165) is 17.8 Å². The highest BCUT2D eigenvalue weighted by molar-refractivity contribution is 5.81. The maximum absolute atomic E-state index is 11.9. The van der Waals surface area contributed by atoms with Crippen molar-refractivity contribution in [3.63, 3.8) is 0 Å². The summed E-state index contributed by atoms with van der Waals surface area (Å²) in [5.41, 5.74) is 3.64. The summed E-state index contributed by atoms with van der Waals surface area (Å²) in [6.07, 6.45) is 2.76. The number of hydrogen-bond acceptors (Lipinski definition) is 4. The molecule has 1 aromatic heterocycles. The second kappa shape index (κ2) is 5.52. The maximum atomic E-state index is 11.9. The molecule has 2 unspecified atom stereocenters. The molecule has 0 spiro atoms. The standard InChI is InChI=1S/C15H21N3O2/c1-3-7-20-18-10-12-9-17(19)8-11(2)14(12)13-5-4-6-16-15(13)18/h4-6,11,17H,3,7-10H2,1-2H3. The molecule has 0 bridgehead atoms. The average Bonchev–Trinajstić information content (AvgIpc) is 2.43. The Hall–Kier alpha value is -1.43. The summed E-state index contributed by atoms with van der Waals surface area (Å²) >= 11 is 0. The number of anilines is 1. The van der Waals surface area contributed by atoms with Crippen molar-refractivity contribution >= 4 is 11.4 Å². The Balaban J connectivity index is 2.01. The third-order valence-corrected chi connectivity index (χ3v) is 3.92. The van der Waals surface area contributed by atoms with Crippen molar-refractivity contribution in [2.75, 3.05) is 31.3 Å². The van der Waals surface area contributed by atoms with E-state index in [4.69, 9.17) is 4.84 Å². The van der Waals surface area contributed by atoms with Crippen molar-refractivity contribution in [1.82, 2.24) is 4.98 Å². The molecule has 0 amide bonds. The van der Waals surface area contributed by atoms with Gasteiger partial charge in [0.25, 0.3) is 0 Å². The van der Waals surface area contributed by atoms with E-state index in [1.54, 1.807) is 6.20 Å². The topological polar surface area (TPSA) is 52.9 Å². The van der Waals surface area contributed by atoms with Gasteiger partial charge >= 0.3 is 0 Å². The van der Waals surface area contributed by atoms with Crippen LogP contribution in [0.3, 0.4) is 0 Å². The third kappa shape index (κ3) is 2.32. The lowest BCUT2D eigenvalue weighted by Crippen LogP contribution is -3.09. The molecule has 5 nitrogen and oxygen atoms in total. The Bertz CT molecular complexity index is 530. The Morgan fingerprint density at radius 3 is 3.20 bits per heavy atom. The van der Waals surface area contributed by atoms with Gasteiger partial charge in [0, 0.05) is 23.3 Å². The molecule has 3 heterocycles. The highest BCUT2D eigenvalue weighted by Gasteiger charge is 2.33. The largest absolute Gasteiger partial charge is 0.634 e. The number of hydrogen-bond donors (Lipinski definition) is 1. The minimum atomic E-state index is 0.280. The van der Waals surface area contributed by atoms with Crippen LogP contribution >= 0.6 is 0 Å². The molecule has 0 radical (unpaired) electrons. The van der Waals surface area contributed by atoms with Crippen LogP contribution in [0, 0.1) is 11.1 Å². The number of fused-ring (bicyclic) bond motifs is 2. The summed E-state index contributed by atoms with van der Waals surface area (Å²) in [6, 6.07) is 4.04. The SMILES string of the molecule is CCCON1CC2=C(c3cccnc31)C(C)C[NH+]([O-])C2. The van der Waals surface area contributed by atoms with Crippen LogP contribution in [0.25, 0.3) is 5.57 Å². The van der Waals surface area contributed by atoms with E-state index in [0.29, 0.717) is 31.3 Å². The van der Waals surface area contributed by atoms with Crippen molar-refractivity contribution in [3.05, 3.63) is 34.7 Å². The molecular weight excluding hydrogens is 254 g/mol. The van der Waals surface area contributed by atoms with Crippen molar-refractivity contribution < 1.29 is 9.90 Å². The molecule has 3 rings (SSSR count). The number of quaternary nitrogens is 1. The molecule has 5 heteroatoms. The van der Waals surface area contributed by atoms with Crippen molar-refractivity contribution in [2.45, 2.75) is 20.3 Å². The number of nitrogens with zero attached hydrogens (tertiary/aromatic N) is 2. The van der Waals surface area contributed by atoms with E-state index in [2.05, 4.69) is 24.9 Å². The predicted molar refractivity (Wildman–Crippen MR) is 78.0 cm³/mol. The molecule has 1 aromatic rings. The Morgan fingerprint density at radius 1 is 1.55 bits per heavy atom. The quantitative estimate of drug-likeness (QED) is 0.837. The summed E-state index contributed by atoms with van der Waals surface area (Å²) in [6.45, 7) is 6.74. The highest BCUT2D eigenvalue weighted by Crippen LogP contribution is 2.37. The van der Waals surface area contributed by atoms with Crippen LogP contribution in [0.4, 0.5) is 5.82 Å². The van der Waals surface area contributed by atoms with E-state index >= 15 is 0 Å². The molecule has 108 valence electrons. The summed E-state index contributed by atoms with van der Waals surface area (Å²) < 4.78 is 0. The van der Waals surface area contributed by atoms with Crippen LogP contribution in [-0.2, 0) is 4.84 Å². The highest BCUT2D eigenvalue weighted by atomic mass is 16.7. The van der Waals surface area contributed by atoms with Gasteiger partial charge in [0.1, 0.15) is 6.54 Å². The number of aromatic nitrogens is 1. The second-order valence-electron chi connectivity index (χ2n) is 5.58. The van der Waals surface area contributed by atoms with Crippen molar-refractivity contribution in [2.24, 2.45) is 5.92 Å². The zero-order valence-electron chi connectivity index (χ0n) is 12.1. The van der Waals surface area contributed by atoms with Crippen LogP contribution in [0.15, 0.2) is 23.9 Å². The molecule has 20 heavy (non-hydrogen) atoms. The van der Waals surface area contributed by atoms with Crippen molar-refractivity contribution in [3.8, 4) is 0 Å². The Kier molecular flexibility index (Phi) is 3.74. The van der Waals surface area contributed by atoms with Gasteiger partial charge in [0.05, 0.1) is 19.7 Å². The van der Waals surface area contributed by atoms with Gasteiger partial charge in [0.2, 0.25) is 0 Å². The Morgan fingerprint density at radius 2 is 2.40 bits per heavy atom. The van der Waals surface area contributed by atoms with E-state index in [9.17, 15) is 5.21 Å². The molecule has 2 aliphatic heterocycles. The molecule has 1 N–H and O–H groups in total. The second-order valence-corrected chi connectivity index (χ2v) is 5.58. The summed E-state index contributed by atoms with van der Waals surface area (Å²) in [5.74, 6) is 1.17. The fourth-order valence-corrected chi connectivity index (χ4v) is 3.16. The fraction of sp³-hybridized carbons (Fsp3) is 0.533. The van der Waals surface area contributed by atoms with Gasteiger partial charge < -0.3 is 10.3 Å². The first kappa shape index (κ1) is 13.5. The van der Waals surface area contributed by atoms with Gasteiger partial charge in [-0.25, -0.2) is 10.0 Å². The lowest BCUT2D eigenvalue weighted by Gasteiger charge is -2.40. The lowest BCUT2D eigenvalue weighted by atomic mass is 9.85. The minimum absolute atomic E-state index is 0.280. The van der Waals surface area contributed by atoms with Crippen LogP contribution in [0.5, 0.6) is 0 Å². The van der Waals surface area contributed by atoms with Crippen LogP contribution in [0.1, 0.15) is 25.8 Å². The first-order chi connectivity index (χ1) is 9.70. The molecule has 0 aliphatic carbocycles. The predicted octanol–water partition coefficient (Wildman–Crippen LogP) is 1.03. The first-order valence-electron chi connectivity index (χ1n) is 7.30. The van der Waals surface area contributed by atoms with Crippen molar-refractivity contribution in [1.29, 1.82) is 0 Å². The summed E-state index contributed by atoms with van der Waals surface area (Å²) in [5, 5.41) is 14.0. The zero-order valence-corrected chi connectivity index (χ0v) is 12.1. The fourth-order valence-electron chi connectivity index (χ4n) is 3.16. The van der Waals surface area contributed by atoms with Gasteiger partial charge in [-0.1, -0.05) is 13.8 Å². The number of rotatable bonds is 3. The van der Waals surface area contributed by atoms with E-state index < -0.39 is 0 Å². The number of pyridine rings is 1. The number of nitrogens with one attached hydrogen (secondary N) is 1. The molecule has 2 atom stereocenters. The van der Waals surface area contributed by atoms with Gasteiger partial charge in [-0.3, -0.25) is 4.84 Å². The minimum Gasteiger partial charge on any atom is -0.634 e. The molecule has 0 aromatic carbocycles. The summed E-state index contributed by atoms with van der Waals surface area (Å²) in [7, 11) is 0. The van der Waals surface area contributed by atoms with Crippen LogP contribution in [0.2, 0.25) is 0 Å². The monoisotopic (exact) mass is 275 g/mol. The van der Waals surface area contributed by atoms with Crippen LogP contribution < -0.4 is 10.1 Å². The van der Waals surface area contributed by atoms with Gasteiger partial charge in [-0.15, -0.1) is 0 Å². The third-order valence-electron chi connectivity index (χ3n) is 3.92. The lowest BCUT2D eigenvalue weighted by molar-refractivity contribution is -0.847. The first-order valence-corrected chi connectivity index (χ1v) is 7.30.